The number of carbonyl (C=O) groups excluding carboxylic acids is 1. The minimum absolute atomic E-state index is 0.0416. The summed E-state index contributed by atoms with van der Waals surface area (Å²) in [5.41, 5.74) is 3.60. The van der Waals surface area contributed by atoms with Crippen LogP contribution < -0.4 is 10.1 Å². The van der Waals surface area contributed by atoms with Crippen LogP contribution in [-0.4, -0.2) is 42.8 Å². The first kappa shape index (κ1) is 23.5. The molecule has 2 bridgehead atoms. The van der Waals surface area contributed by atoms with E-state index in [2.05, 4.69) is 31.8 Å². The summed E-state index contributed by atoms with van der Waals surface area (Å²) in [5, 5.41) is 4.90. The van der Waals surface area contributed by atoms with E-state index in [9.17, 15) is 4.79 Å². The number of anilines is 2. The molecule has 1 amide bonds. The van der Waals surface area contributed by atoms with Crippen molar-refractivity contribution < 1.29 is 9.53 Å². The highest BCUT2D eigenvalue weighted by atomic mass is 35.5. The Kier molecular flexibility index (Phi) is 6.26. The third-order valence-corrected chi connectivity index (χ3v) is 7.69. The molecule has 2 N–H and O–H groups in total. The zero-order valence-electron chi connectivity index (χ0n) is 20.2. The molecule has 188 valence electrons. The highest BCUT2D eigenvalue weighted by molar-refractivity contribution is 6.32. The first-order valence-corrected chi connectivity index (χ1v) is 12.8. The van der Waals surface area contributed by atoms with Crippen molar-refractivity contribution in [3.05, 3.63) is 84.1 Å². The van der Waals surface area contributed by atoms with Gasteiger partial charge in [0.25, 0.3) is 0 Å². The molecule has 2 unspecified atom stereocenters. The van der Waals surface area contributed by atoms with Gasteiger partial charge in [-0.1, -0.05) is 24.2 Å². The summed E-state index contributed by atoms with van der Waals surface area (Å²) in [6.45, 7) is 4.03. The Balaban J connectivity index is 1.23. The number of aromatic nitrogens is 4. The molecule has 4 aromatic rings. The van der Waals surface area contributed by atoms with Gasteiger partial charge in [0.2, 0.25) is 5.91 Å². The fourth-order valence-corrected chi connectivity index (χ4v) is 6.00. The van der Waals surface area contributed by atoms with Crippen LogP contribution in [0.25, 0.3) is 11.0 Å². The number of aromatic amines is 1. The highest BCUT2D eigenvalue weighted by Crippen LogP contribution is 2.45. The number of amides is 1. The lowest BCUT2D eigenvalue weighted by Crippen LogP contribution is -2.45. The Morgan fingerprint density at radius 2 is 2.03 bits per heavy atom. The summed E-state index contributed by atoms with van der Waals surface area (Å²) < 4.78 is 5.86. The summed E-state index contributed by atoms with van der Waals surface area (Å²) >= 11 is 6.54. The van der Waals surface area contributed by atoms with Gasteiger partial charge < -0.3 is 19.9 Å². The highest BCUT2D eigenvalue weighted by Gasteiger charge is 2.43. The molecule has 6 rings (SSSR count). The second-order valence-corrected chi connectivity index (χ2v) is 9.98. The average Bonchev–Trinajstić information content (AvgIpc) is 3.47. The Labute approximate surface area is 219 Å². The van der Waals surface area contributed by atoms with Crippen LogP contribution in [-0.2, 0) is 11.4 Å². The standard InChI is InChI=1S/C28H27ClN6O2/c1-2-25(36)35-20-7-8-21(35)12-17(11-20)22-14-31-27-26(22)28(33-16-32-27)34-18-6-9-24(23(29)13-18)37-15-19-5-3-4-10-30-19/h2-6,9-10,13-14,16-17,20-21H,1,7-8,11-12,15H2,(H2,31,32,33,34)/t17?,20-,21?/m1/s1. The van der Waals surface area contributed by atoms with Crippen LogP contribution in [0.5, 0.6) is 5.75 Å². The van der Waals surface area contributed by atoms with Crippen LogP contribution in [0.4, 0.5) is 11.5 Å². The summed E-state index contributed by atoms with van der Waals surface area (Å²) in [7, 11) is 0. The van der Waals surface area contributed by atoms with Gasteiger partial charge in [0.1, 0.15) is 30.1 Å². The molecule has 2 fully saturated rings. The van der Waals surface area contributed by atoms with E-state index in [4.69, 9.17) is 16.3 Å². The van der Waals surface area contributed by atoms with Crippen molar-refractivity contribution in [1.82, 2.24) is 24.8 Å². The molecule has 3 aromatic heterocycles. The molecule has 2 aliphatic rings. The number of carbonyl (C=O) groups is 1. The summed E-state index contributed by atoms with van der Waals surface area (Å²) in [6, 6.07) is 11.8. The van der Waals surface area contributed by atoms with Gasteiger partial charge in [0.05, 0.1) is 16.1 Å². The number of ether oxygens (including phenoxy) is 1. The van der Waals surface area contributed by atoms with E-state index in [1.807, 2.05) is 47.5 Å². The predicted octanol–water partition coefficient (Wildman–Crippen LogP) is 5.75. The van der Waals surface area contributed by atoms with Crippen LogP contribution in [0, 0.1) is 0 Å². The molecule has 0 radical (unpaired) electrons. The number of nitrogens with zero attached hydrogens (tertiary/aromatic N) is 4. The number of rotatable bonds is 7. The van der Waals surface area contributed by atoms with Crippen LogP contribution in [0.3, 0.4) is 0 Å². The number of fused-ring (bicyclic) bond motifs is 3. The molecular formula is C28H27ClN6O2. The second-order valence-electron chi connectivity index (χ2n) is 9.57. The first-order chi connectivity index (χ1) is 18.1. The first-order valence-electron chi connectivity index (χ1n) is 12.5. The van der Waals surface area contributed by atoms with Gasteiger partial charge in [-0.3, -0.25) is 9.78 Å². The zero-order chi connectivity index (χ0) is 25.4. The largest absolute Gasteiger partial charge is 0.486 e. The van der Waals surface area contributed by atoms with E-state index in [-0.39, 0.29) is 18.0 Å². The number of piperidine rings is 1. The molecule has 8 nitrogen and oxygen atoms in total. The van der Waals surface area contributed by atoms with Crippen molar-refractivity contribution in [3.63, 3.8) is 0 Å². The molecule has 0 aliphatic carbocycles. The topological polar surface area (TPSA) is 96.0 Å². The molecule has 2 saturated heterocycles. The number of benzene rings is 1. The maximum absolute atomic E-state index is 12.4. The van der Waals surface area contributed by atoms with Crippen LogP contribution in [0.2, 0.25) is 5.02 Å². The number of halogens is 1. The van der Waals surface area contributed by atoms with Gasteiger partial charge in [-0.15, -0.1) is 0 Å². The Morgan fingerprint density at radius 1 is 1.19 bits per heavy atom. The quantitative estimate of drug-likeness (QED) is 0.305. The smallest absolute Gasteiger partial charge is 0.246 e. The number of pyridine rings is 1. The number of nitrogens with one attached hydrogen (secondary N) is 2. The number of H-pyrrole nitrogens is 1. The summed E-state index contributed by atoms with van der Waals surface area (Å²) in [6.07, 6.45) is 10.7. The average molecular weight is 515 g/mol. The van der Waals surface area contributed by atoms with Gasteiger partial charge in [-0.25, -0.2) is 9.97 Å². The van der Waals surface area contributed by atoms with Crippen molar-refractivity contribution in [2.75, 3.05) is 5.32 Å². The minimum Gasteiger partial charge on any atom is -0.486 e. The second kappa shape index (κ2) is 9.86. The van der Waals surface area contributed by atoms with E-state index in [0.717, 1.165) is 53.9 Å². The molecule has 9 heteroatoms. The van der Waals surface area contributed by atoms with Gasteiger partial charge in [-0.05, 0) is 73.6 Å². The third kappa shape index (κ3) is 4.53. The fourth-order valence-electron chi connectivity index (χ4n) is 5.77. The van der Waals surface area contributed by atoms with E-state index >= 15 is 0 Å². The van der Waals surface area contributed by atoms with Crippen molar-refractivity contribution in [2.45, 2.75) is 50.3 Å². The van der Waals surface area contributed by atoms with Gasteiger partial charge in [0.15, 0.2) is 0 Å². The lowest BCUT2D eigenvalue weighted by atomic mass is 9.85. The SMILES string of the molecule is C=CC(=O)N1C2CC[C@@H]1CC(c1c[nH]c3ncnc(Nc4ccc(OCc5ccccn5)c(Cl)c4)c13)C2. The monoisotopic (exact) mass is 514 g/mol. The van der Waals surface area contributed by atoms with Gasteiger partial charge in [0, 0.05) is 30.2 Å². The molecule has 2 aliphatic heterocycles. The zero-order valence-corrected chi connectivity index (χ0v) is 21.0. The maximum Gasteiger partial charge on any atom is 0.246 e. The molecule has 37 heavy (non-hydrogen) atoms. The summed E-state index contributed by atoms with van der Waals surface area (Å²) in [5.74, 6) is 1.67. The Bertz CT molecular complexity index is 1440. The molecule has 0 saturated carbocycles. The minimum atomic E-state index is 0.0416. The van der Waals surface area contributed by atoms with E-state index < -0.39 is 0 Å². The predicted molar refractivity (Wildman–Crippen MR) is 143 cm³/mol. The van der Waals surface area contributed by atoms with Gasteiger partial charge in [-0.2, -0.15) is 0 Å². The molecule has 1 aromatic carbocycles. The maximum atomic E-state index is 12.4. The Morgan fingerprint density at radius 3 is 2.76 bits per heavy atom. The molecular weight excluding hydrogens is 488 g/mol. The van der Waals surface area contributed by atoms with E-state index in [1.54, 1.807) is 12.5 Å². The van der Waals surface area contributed by atoms with Crippen LogP contribution >= 0.6 is 11.6 Å². The normalized spacial score (nSPS) is 20.7. The molecule has 5 heterocycles. The lowest BCUT2D eigenvalue weighted by molar-refractivity contribution is -0.130. The van der Waals surface area contributed by atoms with E-state index in [0.29, 0.717) is 23.3 Å². The fraction of sp³-hybridized carbons (Fsp3) is 0.286. The van der Waals surface area contributed by atoms with Crippen molar-refractivity contribution >= 4 is 40.0 Å². The third-order valence-electron chi connectivity index (χ3n) is 7.40. The molecule has 3 atom stereocenters. The van der Waals surface area contributed by atoms with Crippen molar-refractivity contribution in [3.8, 4) is 5.75 Å². The summed E-state index contributed by atoms with van der Waals surface area (Å²) in [4.78, 5) is 31.1. The molecule has 0 spiro atoms. The van der Waals surface area contributed by atoms with Crippen LogP contribution in [0.15, 0.2) is 67.8 Å². The number of hydrogen-bond acceptors (Lipinski definition) is 6. The van der Waals surface area contributed by atoms with Crippen molar-refractivity contribution in [1.29, 1.82) is 0 Å². The lowest BCUT2D eigenvalue weighted by Gasteiger charge is -2.38. The number of hydrogen-bond donors (Lipinski definition) is 2. The van der Waals surface area contributed by atoms with Gasteiger partial charge >= 0.3 is 0 Å². The van der Waals surface area contributed by atoms with Crippen LogP contribution in [0.1, 0.15) is 42.9 Å². The van der Waals surface area contributed by atoms with E-state index in [1.165, 1.54) is 11.6 Å². The van der Waals surface area contributed by atoms with Crippen molar-refractivity contribution in [2.24, 2.45) is 0 Å². The Hall–Kier alpha value is -3.91.